The Morgan fingerprint density at radius 3 is 2.65 bits per heavy atom. The summed E-state index contributed by atoms with van der Waals surface area (Å²) in [5.41, 5.74) is 5.86. The molecule has 2 N–H and O–H groups in total. The highest BCUT2D eigenvalue weighted by molar-refractivity contribution is 5.82. The number of hydrogen-bond acceptors (Lipinski definition) is 5. The second kappa shape index (κ2) is 9.72. The fourth-order valence-electron chi connectivity index (χ4n) is 3.30. The van der Waals surface area contributed by atoms with E-state index in [1.54, 1.807) is 0 Å². The van der Waals surface area contributed by atoms with Gasteiger partial charge in [-0.3, -0.25) is 9.69 Å². The molecule has 0 aromatic heterocycles. The Kier molecular flexibility index (Phi) is 7.61. The Balaban J connectivity index is 1.72. The number of nitrogens with zero attached hydrogens (tertiary/aromatic N) is 3. The van der Waals surface area contributed by atoms with Crippen LogP contribution in [-0.2, 0) is 14.4 Å². The van der Waals surface area contributed by atoms with Crippen molar-refractivity contribution >= 4 is 11.7 Å². The van der Waals surface area contributed by atoms with Gasteiger partial charge in [0, 0.05) is 25.7 Å². The van der Waals surface area contributed by atoms with E-state index in [0.717, 1.165) is 45.7 Å². The fraction of sp³-hybridized carbons (Fsp3) is 0.875. The molecule has 7 nitrogen and oxygen atoms in total. The molecular weight excluding hydrogens is 296 g/mol. The minimum Gasteiger partial charge on any atom is -0.384 e. The van der Waals surface area contributed by atoms with Gasteiger partial charge < -0.3 is 20.2 Å². The predicted molar refractivity (Wildman–Crippen MR) is 89.1 cm³/mol. The molecule has 0 atom stereocenters. The van der Waals surface area contributed by atoms with Crippen LogP contribution in [0.2, 0.25) is 0 Å². The standard InChI is InChI=1S/C16H30N4O3/c1-2-20(14-6-4-3-5-7-14)16(21)13-23-18-15(17)12-19-8-10-22-11-9-19/h14H,2-13H2,1H3,(H2,17,18). The number of oxime groups is 1. The van der Waals surface area contributed by atoms with E-state index in [4.69, 9.17) is 15.3 Å². The monoisotopic (exact) mass is 326 g/mol. The van der Waals surface area contributed by atoms with Crippen molar-refractivity contribution in [2.75, 3.05) is 46.0 Å². The lowest BCUT2D eigenvalue weighted by molar-refractivity contribution is -0.138. The maximum absolute atomic E-state index is 12.3. The molecule has 0 bridgehead atoms. The lowest BCUT2D eigenvalue weighted by Crippen LogP contribution is -2.43. The number of ether oxygens (including phenoxy) is 1. The first kappa shape index (κ1) is 18.0. The first-order valence-electron chi connectivity index (χ1n) is 8.74. The van der Waals surface area contributed by atoms with Gasteiger partial charge in [-0.25, -0.2) is 0 Å². The number of carbonyl (C=O) groups excluding carboxylic acids is 1. The number of hydrogen-bond donors (Lipinski definition) is 1. The van der Waals surface area contributed by atoms with Gasteiger partial charge in [0.1, 0.15) is 0 Å². The van der Waals surface area contributed by atoms with Crippen LogP contribution in [0.3, 0.4) is 0 Å². The van der Waals surface area contributed by atoms with E-state index in [1.807, 2.05) is 11.8 Å². The van der Waals surface area contributed by atoms with Gasteiger partial charge in [-0.15, -0.1) is 0 Å². The summed E-state index contributed by atoms with van der Waals surface area (Å²) in [7, 11) is 0. The minimum absolute atomic E-state index is 0.00215. The van der Waals surface area contributed by atoms with Crippen LogP contribution in [-0.4, -0.2) is 73.6 Å². The van der Waals surface area contributed by atoms with Gasteiger partial charge in [-0.1, -0.05) is 24.4 Å². The van der Waals surface area contributed by atoms with Gasteiger partial charge in [0.25, 0.3) is 5.91 Å². The van der Waals surface area contributed by atoms with Crippen LogP contribution >= 0.6 is 0 Å². The molecule has 1 saturated heterocycles. The number of rotatable bonds is 7. The first-order valence-corrected chi connectivity index (χ1v) is 8.74. The lowest BCUT2D eigenvalue weighted by Gasteiger charge is -2.33. The number of likely N-dealkylation sites (N-methyl/N-ethyl adjacent to an activating group) is 1. The van der Waals surface area contributed by atoms with Crippen molar-refractivity contribution in [2.45, 2.75) is 45.1 Å². The van der Waals surface area contributed by atoms with Crippen LogP contribution in [0.5, 0.6) is 0 Å². The maximum Gasteiger partial charge on any atom is 0.263 e. The van der Waals surface area contributed by atoms with Crippen LogP contribution < -0.4 is 5.73 Å². The van der Waals surface area contributed by atoms with Crippen molar-refractivity contribution in [3.8, 4) is 0 Å². The molecule has 0 aromatic rings. The minimum atomic E-state index is -0.0336. The Bertz CT molecular complexity index is 391. The lowest BCUT2D eigenvalue weighted by atomic mass is 9.94. The maximum atomic E-state index is 12.3. The molecule has 0 spiro atoms. The van der Waals surface area contributed by atoms with E-state index >= 15 is 0 Å². The molecule has 2 fully saturated rings. The molecule has 1 heterocycles. The molecule has 1 aliphatic carbocycles. The van der Waals surface area contributed by atoms with Gasteiger partial charge in [-0.2, -0.15) is 0 Å². The molecule has 7 heteroatoms. The van der Waals surface area contributed by atoms with Gasteiger partial charge in [-0.05, 0) is 19.8 Å². The van der Waals surface area contributed by atoms with E-state index in [2.05, 4.69) is 10.1 Å². The van der Waals surface area contributed by atoms with Crippen molar-refractivity contribution in [3.05, 3.63) is 0 Å². The summed E-state index contributed by atoms with van der Waals surface area (Å²) in [6.45, 7) is 6.40. The van der Waals surface area contributed by atoms with E-state index in [0.29, 0.717) is 18.4 Å². The van der Waals surface area contributed by atoms with Crippen molar-refractivity contribution in [1.82, 2.24) is 9.80 Å². The van der Waals surface area contributed by atoms with Crippen molar-refractivity contribution < 1.29 is 14.4 Å². The molecule has 132 valence electrons. The number of nitrogens with two attached hydrogens (primary N) is 1. The molecule has 0 unspecified atom stereocenters. The average molecular weight is 326 g/mol. The second-order valence-corrected chi connectivity index (χ2v) is 6.22. The zero-order valence-electron chi connectivity index (χ0n) is 14.2. The van der Waals surface area contributed by atoms with Crippen LogP contribution in [0, 0.1) is 0 Å². The third kappa shape index (κ3) is 5.99. The summed E-state index contributed by atoms with van der Waals surface area (Å²) < 4.78 is 5.29. The second-order valence-electron chi connectivity index (χ2n) is 6.22. The average Bonchev–Trinajstić information content (AvgIpc) is 2.57. The van der Waals surface area contributed by atoms with Gasteiger partial charge in [0.15, 0.2) is 12.4 Å². The zero-order valence-corrected chi connectivity index (χ0v) is 14.2. The van der Waals surface area contributed by atoms with Crippen LogP contribution in [0.1, 0.15) is 39.0 Å². The van der Waals surface area contributed by atoms with E-state index in [9.17, 15) is 4.79 Å². The molecule has 23 heavy (non-hydrogen) atoms. The largest absolute Gasteiger partial charge is 0.384 e. The Labute approximate surface area is 138 Å². The molecule has 0 aromatic carbocycles. The third-order valence-corrected chi connectivity index (χ3v) is 4.54. The number of morpholine rings is 1. The molecule has 1 saturated carbocycles. The van der Waals surface area contributed by atoms with Crippen LogP contribution in [0.25, 0.3) is 0 Å². The summed E-state index contributed by atoms with van der Waals surface area (Å²) in [6.07, 6.45) is 5.89. The van der Waals surface area contributed by atoms with Crippen LogP contribution in [0.15, 0.2) is 5.16 Å². The summed E-state index contributed by atoms with van der Waals surface area (Å²) >= 11 is 0. The van der Waals surface area contributed by atoms with E-state index < -0.39 is 0 Å². The normalized spacial score (nSPS) is 21.2. The summed E-state index contributed by atoms with van der Waals surface area (Å²) in [4.78, 5) is 21.6. The summed E-state index contributed by atoms with van der Waals surface area (Å²) in [5.74, 6) is 0.405. The first-order chi connectivity index (χ1) is 11.2. The highest BCUT2D eigenvalue weighted by Gasteiger charge is 2.24. The van der Waals surface area contributed by atoms with E-state index in [-0.39, 0.29) is 12.5 Å². The Morgan fingerprint density at radius 2 is 2.00 bits per heavy atom. The molecule has 1 amide bonds. The Morgan fingerprint density at radius 1 is 1.30 bits per heavy atom. The van der Waals surface area contributed by atoms with Crippen LogP contribution in [0.4, 0.5) is 0 Å². The quantitative estimate of drug-likeness (QED) is 0.425. The SMILES string of the molecule is CCN(C(=O)CON=C(N)CN1CCOCC1)C1CCCCC1. The van der Waals surface area contributed by atoms with Crippen molar-refractivity contribution in [1.29, 1.82) is 0 Å². The third-order valence-electron chi connectivity index (χ3n) is 4.54. The molecule has 2 rings (SSSR count). The highest BCUT2D eigenvalue weighted by Crippen LogP contribution is 2.22. The number of carbonyl (C=O) groups is 1. The summed E-state index contributed by atoms with van der Waals surface area (Å²) in [5, 5.41) is 3.88. The smallest absolute Gasteiger partial charge is 0.263 e. The summed E-state index contributed by atoms with van der Waals surface area (Å²) in [6, 6.07) is 0.361. The Hall–Kier alpha value is -1.34. The number of amidine groups is 1. The highest BCUT2D eigenvalue weighted by atomic mass is 16.6. The number of amides is 1. The molecule has 0 radical (unpaired) electrons. The zero-order chi connectivity index (χ0) is 16.5. The molecule has 1 aliphatic heterocycles. The topological polar surface area (TPSA) is 80.4 Å². The predicted octanol–water partition coefficient (Wildman–Crippen LogP) is 0.789. The fourth-order valence-corrected chi connectivity index (χ4v) is 3.30. The molecule has 2 aliphatic rings. The van der Waals surface area contributed by atoms with Gasteiger partial charge in [0.2, 0.25) is 0 Å². The van der Waals surface area contributed by atoms with Crippen molar-refractivity contribution in [3.63, 3.8) is 0 Å². The van der Waals surface area contributed by atoms with Crippen molar-refractivity contribution in [2.24, 2.45) is 10.9 Å². The van der Waals surface area contributed by atoms with Gasteiger partial charge >= 0.3 is 0 Å². The van der Waals surface area contributed by atoms with E-state index in [1.165, 1.54) is 19.3 Å². The molecular formula is C16H30N4O3. The van der Waals surface area contributed by atoms with Gasteiger partial charge in [0.05, 0.1) is 19.8 Å².